The summed E-state index contributed by atoms with van der Waals surface area (Å²) in [5, 5.41) is 0. The number of carbonyl (C=O) groups is 2. The van der Waals surface area contributed by atoms with E-state index in [1.807, 2.05) is 39.0 Å². The first kappa shape index (κ1) is 11.8. The van der Waals surface area contributed by atoms with Crippen LogP contribution in [-0.2, 0) is 0 Å². The second kappa shape index (κ2) is 3.89. The molecular formula is C17H14O2. The molecule has 0 amide bonds. The van der Waals surface area contributed by atoms with Crippen molar-refractivity contribution >= 4 is 11.6 Å². The minimum atomic E-state index is -0.0484. The van der Waals surface area contributed by atoms with E-state index in [9.17, 15) is 9.59 Å². The van der Waals surface area contributed by atoms with Gasteiger partial charge in [-0.1, -0.05) is 17.7 Å². The van der Waals surface area contributed by atoms with Gasteiger partial charge in [-0.15, -0.1) is 0 Å². The number of ketones is 2. The van der Waals surface area contributed by atoms with Crippen molar-refractivity contribution in [3.63, 3.8) is 0 Å². The van der Waals surface area contributed by atoms with E-state index in [1.165, 1.54) is 0 Å². The molecule has 0 atom stereocenters. The van der Waals surface area contributed by atoms with Crippen molar-refractivity contribution in [2.24, 2.45) is 0 Å². The molecule has 0 bridgehead atoms. The largest absolute Gasteiger partial charge is 0.289 e. The van der Waals surface area contributed by atoms with Crippen LogP contribution in [0.5, 0.6) is 0 Å². The van der Waals surface area contributed by atoms with E-state index >= 15 is 0 Å². The third kappa shape index (κ3) is 1.64. The van der Waals surface area contributed by atoms with E-state index in [0.717, 1.165) is 16.7 Å². The second-order valence-corrected chi connectivity index (χ2v) is 5.19. The van der Waals surface area contributed by atoms with E-state index in [0.29, 0.717) is 22.3 Å². The van der Waals surface area contributed by atoms with Crippen molar-refractivity contribution in [1.29, 1.82) is 0 Å². The molecule has 1 aliphatic carbocycles. The van der Waals surface area contributed by atoms with Gasteiger partial charge in [0.05, 0.1) is 0 Å². The third-order valence-electron chi connectivity index (χ3n) is 3.79. The molecule has 1 aliphatic rings. The smallest absolute Gasteiger partial charge is 0.194 e. The number of hydrogen-bond donors (Lipinski definition) is 0. The fourth-order valence-corrected chi connectivity index (χ4v) is 2.53. The molecule has 3 rings (SSSR count). The van der Waals surface area contributed by atoms with Crippen molar-refractivity contribution in [3.8, 4) is 0 Å². The zero-order valence-corrected chi connectivity index (χ0v) is 11.2. The summed E-state index contributed by atoms with van der Waals surface area (Å²) in [6, 6.07) is 9.08. The lowest BCUT2D eigenvalue weighted by Crippen LogP contribution is -2.21. The predicted octanol–water partition coefficient (Wildman–Crippen LogP) is 3.39. The maximum Gasteiger partial charge on any atom is 0.194 e. The van der Waals surface area contributed by atoms with Gasteiger partial charge in [-0.25, -0.2) is 0 Å². The van der Waals surface area contributed by atoms with Crippen LogP contribution in [0.2, 0.25) is 0 Å². The standard InChI is InChI=1S/C17H14O2/c1-9-4-5-12-13(6-9)17(19)15-8-11(3)10(2)7-14(15)16(12)18/h4-8H,1-3H3. The van der Waals surface area contributed by atoms with Crippen molar-refractivity contribution in [1.82, 2.24) is 0 Å². The molecule has 0 saturated heterocycles. The first-order valence-electron chi connectivity index (χ1n) is 6.30. The van der Waals surface area contributed by atoms with E-state index in [-0.39, 0.29) is 11.6 Å². The van der Waals surface area contributed by atoms with E-state index < -0.39 is 0 Å². The summed E-state index contributed by atoms with van der Waals surface area (Å²) < 4.78 is 0. The maximum absolute atomic E-state index is 12.5. The van der Waals surface area contributed by atoms with Crippen molar-refractivity contribution in [2.45, 2.75) is 20.8 Å². The molecule has 0 unspecified atom stereocenters. The van der Waals surface area contributed by atoms with Gasteiger partial charge in [0.1, 0.15) is 0 Å². The van der Waals surface area contributed by atoms with E-state index in [4.69, 9.17) is 0 Å². The Morgan fingerprint density at radius 3 is 1.68 bits per heavy atom. The van der Waals surface area contributed by atoms with Gasteiger partial charge in [0, 0.05) is 22.3 Å². The van der Waals surface area contributed by atoms with Gasteiger partial charge in [-0.3, -0.25) is 9.59 Å². The third-order valence-corrected chi connectivity index (χ3v) is 3.79. The monoisotopic (exact) mass is 250 g/mol. The molecular weight excluding hydrogens is 236 g/mol. The summed E-state index contributed by atoms with van der Waals surface area (Å²) in [6.45, 7) is 5.84. The van der Waals surface area contributed by atoms with Crippen LogP contribution in [-0.4, -0.2) is 11.6 Å². The lowest BCUT2D eigenvalue weighted by molar-refractivity contribution is 0.0979. The molecule has 0 heterocycles. The van der Waals surface area contributed by atoms with Crippen molar-refractivity contribution in [2.75, 3.05) is 0 Å². The Morgan fingerprint density at radius 1 is 0.632 bits per heavy atom. The van der Waals surface area contributed by atoms with Gasteiger partial charge in [0.25, 0.3) is 0 Å². The second-order valence-electron chi connectivity index (χ2n) is 5.19. The molecule has 0 aromatic heterocycles. The molecule has 0 saturated carbocycles. The lowest BCUT2D eigenvalue weighted by Gasteiger charge is -2.19. The van der Waals surface area contributed by atoms with Crippen LogP contribution in [0.15, 0.2) is 30.3 Å². The van der Waals surface area contributed by atoms with Crippen LogP contribution in [0.3, 0.4) is 0 Å². The first-order valence-corrected chi connectivity index (χ1v) is 6.30. The van der Waals surface area contributed by atoms with Gasteiger partial charge in [-0.05, 0) is 50.1 Å². The first-order chi connectivity index (χ1) is 8.99. The molecule has 2 nitrogen and oxygen atoms in total. The number of fused-ring (bicyclic) bond motifs is 2. The highest BCUT2D eigenvalue weighted by molar-refractivity contribution is 6.28. The molecule has 0 aliphatic heterocycles. The van der Waals surface area contributed by atoms with E-state index in [1.54, 1.807) is 12.1 Å². The molecule has 0 radical (unpaired) electrons. The molecule has 2 aromatic rings. The van der Waals surface area contributed by atoms with Crippen LogP contribution in [0, 0.1) is 20.8 Å². The molecule has 2 aromatic carbocycles. The fraction of sp³-hybridized carbons (Fsp3) is 0.176. The van der Waals surface area contributed by atoms with Crippen LogP contribution in [0.4, 0.5) is 0 Å². The normalized spacial score (nSPS) is 13.2. The summed E-state index contributed by atoms with van der Waals surface area (Å²) >= 11 is 0. The summed E-state index contributed by atoms with van der Waals surface area (Å²) in [7, 11) is 0. The van der Waals surface area contributed by atoms with Crippen LogP contribution in [0.25, 0.3) is 0 Å². The Bertz CT molecular complexity index is 739. The van der Waals surface area contributed by atoms with Gasteiger partial charge < -0.3 is 0 Å². The Morgan fingerprint density at radius 2 is 1.11 bits per heavy atom. The van der Waals surface area contributed by atoms with Crippen LogP contribution < -0.4 is 0 Å². The Kier molecular flexibility index (Phi) is 2.42. The van der Waals surface area contributed by atoms with Gasteiger partial charge >= 0.3 is 0 Å². The van der Waals surface area contributed by atoms with E-state index in [2.05, 4.69) is 0 Å². The number of rotatable bonds is 0. The highest BCUT2D eigenvalue weighted by Crippen LogP contribution is 2.29. The summed E-state index contributed by atoms with van der Waals surface area (Å²) in [6.07, 6.45) is 0. The Labute approximate surface area is 112 Å². The molecule has 94 valence electrons. The SMILES string of the molecule is Cc1ccc2c(c1)C(=O)c1cc(C)c(C)cc1C2=O. The molecule has 0 N–H and O–H groups in total. The van der Waals surface area contributed by atoms with Crippen LogP contribution >= 0.6 is 0 Å². The number of benzene rings is 2. The van der Waals surface area contributed by atoms with Crippen molar-refractivity contribution in [3.05, 3.63) is 69.3 Å². The Hall–Kier alpha value is -2.22. The zero-order chi connectivity index (χ0) is 13.7. The molecule has 2 heteroatoms. The minimum absolute atomic E-state index is 0.0450. The average molecular weight is 250 g/mol. The molecule has 0 spiro atoms. The fourth-order valence-electron chi connectivity index (χ4n) is 2.53. The van der Waals surface area contributed by atoms with Crippen LogP contribution in [0.1, 0.15) is 48.5 Å². The Balaban J connectivity index is 2.32. The molecule has 19 heavy (non-hydrogen) atoms. The molecule has 0 fully saturated rings. The maximum atomic E-state index is 12.5. The van der Waals surface area contributed by atoms with Gasteiger partial charge in [0.15, 0.2) is 11.6 Å². The highest BCUT2D eigenvalue weighted by atomic mass is 16.1. The number of aryl methyl sites for hydroxylation is 3. The number of carbonyl (C=O) groups excluding carboxylic acids is 2. The minimum Gasteiger partial charge on any atom is -0.289 e. The predicted molar refractivity (Wildman–Crippen MR) is 74.0 cm³/mol. The van der Waals surface area contributed by atoms with Gasteiger partial charge in [-0.2, -0.15) is 0 Å². The zero-order valence-electron chi connectivity index (χ0n) is 11.2. The summed E-state index contributed by atoms with van der Waals surface area (Å²) in [5.41, 5.74) is 5.18. The van der Waals surface area contributed by atoms with Crippen molar-refractivity contribution < 1.29 is 9.59 Å². The number of hydrogen-bond acceptors (Lipinski definition) is 2. The summed E-state index contributed by atoms with van der Waals surface area (Å²) in [4.78, 5) is 25.0. The summed E-state index contributed by atoms with van der Waals surface area (Å²) in [5.74, 6) is -0.0934. The topological polar surface area (TPSA) is 34.1 Å². The quantitative estimate of drug-likeness (QED) is 0.613. The highest BCUT2D eigenvalue weighted by Gasteiger charge is 2.29. The van der Waals surface area contributed by atoms with Gasteiger partial charge in [0.2, 0.25) is 0 Å². The lowest BCUT2D eigenvalue weighted by atomic mass is 9.82. The average Bonchev–Trinajstić information content (AvgIpc) is 2.38.